The molecule has 4 heterocycles. The van der Waals surface area contributed by atoms with Crippen LogP contribution in [0.2, 0.25) is 0 Å². The molecule has 37 heavy (non-hydrogen) atoms. The van der Waals surface area contributed by atoms with Crippen LogP contribution in [0.15, 0.2) is 35.6 Å². The van der Waals surface area contributed by atoms with Gasteiger partial charge in [-0.25, -0.2) is 15.0 Å². The Morgan fingerprint density at radius 3 is 2.70 bits per heavy atom. The second kappa shape index (κ2) is 11.2. The van der Waals surface area contributed by atoms with Gasteiger partial charge in [0.15, 0.2) is 11.6 Å². The van der Waals surface area contributed by atoms with E-state index in [0.717, 1.165) is 64.3 Å². The molecule has 1 aromatic carbocycles. The lowest BCUT2D eigenvalue weighted by Gasteiger charge is -2.38. The maximum atomic E-state index is 13.1. The van der Waals surface area contributed by atoms with Crippen LogP contribution in [0.4, 0.5) is 17.2 Å². The van der Waals surface area contributed by atoms with E-state index < -0.39 is 0 Å². The van der Waals surface area contributed by atoms with Gasteiger partial charge in [0.25, 0.3) is 0 Å². The number of piperidine rings is 1. The fraction of sp³-hybridized carbons (Fsp3) is 0.536. The molecule has 0 saturated carbocycles. The quantitative estimate of drug-likeness (QED) is 0.266. The smallest absolute Gasteiger partial charge is 0.182 e. The number of aromatic nitrogens is 2. The molecule has 9 heteroatoms. The number of Topliss-reactive ketones (excluding diaryl/α,β-unsaturated/α-hetero) is 1. The molecule has 2 aromatic rings. The van der Waals surface area contributed by atoms with Gasteiger partial charge in [0.05, 0.1) is 12.1 Å². The van der Waals surface area contributed by atoms with Crippen molar-refractivity contribution in [3.05, 3.63) is 39.9 Å². The summed E-state index contributed by atoms with van der Waals surface area (Å²) >= 11 is 2.18. The van der Waals surface area contributed by atoms with Gasteiger partial charge in [-0.2, -0.15) is 0 Å². The third-order valence-electron chi connectivity index (χ3n) is 8.12. The number of benzene rings is 1. The number of ketones is 1. The summed E-state index contributed by atoms with van der Waals surface area (Å²) in [6.45, 7) is 6.23. The van der Waals surface area contributed by atoms with Gasteiger partial charge in [-0.3, -0.25) is 4.79 Å². The number of aliphatic imine (C=N–C) groups is 1. The highest BCUT2D eigenvalue weighted by atomic mass is 127. The van der Waals surface area contributed by atoms with Gasteiger partial charge in [0.1, 0.15) is 15.7 Å². The minimum Gasteiger partial charge on any atom is -0.381 e. The molecule has 0 bridgehead atoms. The summed E-state index contributed by atoms with van der Waals surface area (Å²) in [5.41, 5.74) is 4.13. The second-order valence-electron chi connectivity index (χ2n) is 10.7. The highest BCUT2D eigenvalue weighted by Gasteiger charge is 2.45. The number of anilines is 2. The van der Waals surface area contributed by atoms with Crippen LogP contribution < -0.4 is 4.90 Å². The predicted octanol–water partition coefficient (Wildman–Crippen LogP) is 5.08. The molecule has 8 nitrogen and oxygen atoms in total. The van der Waals surface area contributed by atoms with Crippen LogP contribution in [0.5, 0.6) is 0 Å². The monoisotopic (exact) mass is 614 g/mol. The minimum absolute atomic E-state index is 0.0879. The second-order valence-corrected chi connectivity index (χ2v) is 11.7. The number of nitrogens with zero attached hydrogens (tertiary/aromatic N) is 5. The first-order valence-corrected chi connectivity index (χ1v) is 14.2. The fourth-order valence-electron chi connectivity index (χ4n) is 5.86. The summed E-state index contributed by atoms with van der Waals surface area (Å²) in [6, 6.07) is 8.63. The van der Waals surface area contributed by atoms with Crippen LogP contribution in [0.25, 0.3) is 0 Å². The zero-order valence-electron chi connectivity index (χ0n) is 21.7. The summed E-state index contributed by atoms with van der Waals surface area (Å²) in [5, 5.41) is 8.40. The van der Waals surface area contributed by atoms with Crippen molar-refractivity contribution >= 4 is 57.0 Å². The van der Waals surface area contributed by atoms with Crippen molar-refractivity contribution in [2.75, 3.05) is 44.8 Å². The van der Waals surface area contributed by atoms with Gasteiger partial charge < -0.3 is 19.9 Å². The number of likely N-dealkylation sites (tertiary alicyclic amines) is 1. The molecular weight excluding hydrogens is 579 g/mol. The SMILES string of the molecule is CC(=Nc1c(I)ncnc1N1CC2(CCN(C)CC2)c2ccccc21)C(=O)CC(=N)CC1CCOCC1. The number of ether oxygens (including phenoxy) is 1. The average molecular weight is 615 g/mol. The number of nitrogens with one attached hydrogen (secondary N) is 1. The lowest BCUT2D eigenvalue weighted by atomic mass is 9.74. The van der Waals surface area contributed by atoms with E-state index in [4.69, 9.17) is 20.1 Å². The van der Waals surface area contributed by atoms with E-state index in [0.29, 0.717) is 33.2 Å². The van der Waals surface area contributed by atoms with Gasteiger partial charge in [0, 0.05) is 36.6 Å². The Labute approximate surface area is 232 Å². The molecule has 2 fully saturated rings. The van der Waals surface area contributed by atoms with E-state index in [-0.39, 0.29) is 17.6 Å². The number of halogens is 1. The first-order chi connectivity index (χ1) is 17.9. The molecule has 2 saturated heterocycles. The Hall–Kier alpha value is -2.24. The summed E-state index contributed by atoms with van der Waals surface area (Å²) in [6.07, 6.45) is 6.47. The molecule has 1 spiro atoms. The number of carbonyl (C=O) groups is 1. The normalized spacial score (nSPS) is 20.3. The van der Waals surface area contributed by atoms with Crippen molar-refractivity contribution in [1.82, 2.24) is 14.9 Å². The number of carbonyl (C=O) groups excluding carboxylic acids is 1. The minimum atomic E-state index is -0.115. The Morgan fingerprint density at radius 1 is 1.22 bits per heavy atom. The molecule has 1 aromatic heterocycles. The molecule has 0 atom stereocenters. The number of para-hydroxylation sites is 1. The third kappa shape index (κ3) is 5.63. The van der Waals surface area contributed by atoms with Crippen LogP contribution in [-0.2, 0) is 14.9 Å². The summed E-state index contributed by atoms with van der Waals surface area (Å²) < 4.78 is 6.14. The number of fused-ring (bicyclic) bond motifs is 2. The van der Waals surface area contributed by atoms with Crippen LogP contribution >= 0.6 is 22.6 Å². The van der Waals surface area contributed by atoms with Gasteiger partial charge in [0.2, 0.25) is 0 Å². The van der Waals surface area contributed by atoms with Crippen LogP contribution in [0, 0.1) is 15.0 Å². The topological polar surface area (TPSA) is 94.8 Å². The molecule has 1 N–H and O–H groups in total. The summed E-state index contributed by atoms with van der Waals surface area (Å²) in [5.74, 6) is 1.06. The van der Waals surface area contributed by atoms with Gasteiger partial charge in [-0.15, -0.1) is 0 Å². The van der Waals surface area contributed by atoms with E-state index in [9.17, 15) is 4.79 Å². The Bertz CT molecular complexity index is 1200. The van der Waals surface area contributed by atoms with Crippen molar-refractivity contribution < 1.29 is 9.53 Å². The lowest BCUT2D eigenvalue weighted by molar-refractivity contribution is -0.112. The molecule has 3 aliphatic rings. The van der Waals surface area contributed by atoms with Crippen LogP contribution in [0.3, 0.4) is 0 Å². The van der Waals surface area contributed by atoms with Crippen LogP contribution in [0.1, 0.15) is 51.0 Å². The van der Waals surface area contributed by atoms with E-state index in [1.54, 1.807) is 13.3 Å². The molecular formula is C28H35IN6O2. The number of rotatable bonds is 7. The van der Waals surface area contributed by atoms with Crippen molar-refractivity contribution in [2.24, 2.45) is 10.9 Å². The molecule has 3 aliphatic heterocycles. The molecule has 0 radical (unpaired) electrons. The maximum absolute atomic E-state index is 13.1. The van der Waals surface area contributed by atoms with Crippen molar-refractivity contribution in [1.29, 1.82) is 5.41 Å². The standard InChI is InChI=1S/C28H35IN6O2/c1-19(24(36)16-21(30)15-20-7-13-37-14-8-20)33-25-26(29)31-18-32-27(25)35-17-28(9-11-34(2)12-10-28)22-5-3-4-6-23(22)35/h3-6,18,20,30H,7-17H2,1-2H3. The van der Waals surface area contributed by atoms with E-state index >= 15 is 0 Å². The molecule has 0 unspecified atom stereocenters. The van der Waals surface area contributed by atoms with Crippen molar-refractivity contribution in [3.63, 3.8) is 0 Å². The largest absolute Gasteiger partial charge is 0.381 e. The van der Waals surface area contributed by atoms with Crippen molar-refractivity contribution in [3.8, 4) is 0 Å². The maximum Gasteiger partial charge on any atom is 0.182 e. The van der Waals surface area contributed by atoms with E-state index in [2.05, 4.69) is 68.7 Å². The Kier molecular flexibility index (Phi) is 8.02. The van der Waals surface area contributed by atoms with E-state index in [1.165, 1.54) is 11.3 Å². The Balaban J connectivity index is 1.39. The number of hydrogen-bond acceptors (Lipinski definition) is 8. The number of hydrogen-bond donors (Lipinski definition) is 1. The predicted molar refractivity (Wildman–Crippen MR) is 155 cm³/mol. The highest BCUT2D eigenvalue weighted by Crippen LogP contribution is 2.50. The fourth-order valence-corrected chi connectivity index (χ4v) is 6.35. The van der Waals surface area contributed by atoms with Crippen molar-refractivity contribution in [2.45, 2.75) is 50.9 Å². The molecule has 0 amide bonds. The molecule has 196 valence electrons. The molecule has 0 aliphatic carbocycles. The third-order valence-corrected chi connectivity index (χ3v) is 8.91. The van der Waals surface area contributed by atoms with Gasteiger partial charge >= 0.3 is 0 Å². The zero-order valence-corrected chi connectivity index (χ0v) is 23.8. The van der Waals surface area contributed by atoms with Crippen LogP contribution in [-0.4, -0.2) is 72.0 Å². The zero-order chi connectivity index (χ0) is 26.0. The summed E-state index contributed by atoms with van der Waals surface area (Å²) in [7, 11) is 2.19. The Morgan fingerprint density at radius 2 is 1.95 bits per heavy atom. The first-order valence-electron chi connectivity index (χ1n) is 13.1. The summed E-state index contributed by atoms with van der Waals surface area (Å²) in [4.78, 5) is 31.6. The highest BCUT2D eigenvalue weighted by molar-refractivity contribution is 14.1. The average Bonchev–Trinajstić information content (AvgIpc) is 3.21. The molecule has 5 rings (SSSR count). The lowest BCUT2D eigenvalue weighted by Crippen LogP contribution is -2.43. The first kappa shape index (κ1) is 26.4. The van der Waals surface area contributed by atoms with E-state index in [1.807, 2.05) is 0 Å². The van der Waals surface area contributed by atoms with Gasteiger partial charge in [-0.1, -0.05) is 18.2 Å². The van der Waals surface area contributed by atoms with Gasteiger partial charge in [-0.05, 0) is 99.3 Å².